The van der Waals surface area contributed by atoms with Crippen LogP contribution < -0.4 is 5.32 Å². The first kappa shape index (κ1) is 14.0. The third kappa shape index (κ3) is 2.88. The highest BCUT2D eigenvalue weighted by atomic mass is 16.6. The molecule has 0 saturated carbocycles. The summed E-state index contributed by atoms with van der Waals surface area (Å²) < 4.78 is 0. The van der Waals surface area contributed by atoms with E-state index in [1.165, 1.54) is 17.6 Å². The summed E-state index contributed by atoms with van der Waals surface area (Å²) in [6.45, 7) is 1.95. The molecule has 1 N–H and O–H groups in total. The van der Waals surface area contributed by atoms with Gasteiger partial charge < -0.3 is 5.32 Å². The fourth-order valence-electron chi connectivity index (χ4n) is 2.25. The van der Waals surface area contributed by atoms with E-state index >= 15 is 0 Å². The van der Waals surface area contributed by atoms with Gasteiger partial charge in [0.25, 0.3) is 5.69 Å². The van der Waals surface area contributed by atoms with E-state index in [9.17, 15) is 10.1 Å². The van der Waals surface area contributed by atoms with Crippen LogP contribution in [0.5, 0.6) is 0 Å². The van der Waals surface area contributed by atoms with Crippen molar-refractivity contribution >= 4 is 22.3 Å². The molecule has 0 aliphatic rings. The lowest BCUT2D eigenvalue weighted by molar-refractivity contribution is -0.385. The van der Waals surface area contributed by atoms with Gasteiger partial charge in [-0.2, -0.15) is 0 Å². The number of fused-ring (bicyclic) bond motifs is 1. The Kier molecular flexibility index (Phi) is 3.70. The van der Waals surface area contributed by atoms with Crippen LogP contribution in [0.25, 0.3) is 10.8 Å². The number of nitrogens with one attached hydrogen (secondary N) is 1. The minimum atomic E-state index is -0.462. The van der Waals surface area contributed by atoms with E-state index in [1.54, 1.807) is 6.07 Å². The highest BCUT2D eigenvalue weighted by molar-refractivity contribution is 5.83. The summed E-state index contributed by atoms with van der Waals surface area (Å²) in [7, 11) is 0. The Morgan fingerprint density at radius 3 is 2.55 bits per heavy atom. The summed E-state index contributed by atoms with van der Waals surface area (Å²) in [5.74, 6) is 0.580. The monoisotopic (exact) mass is 292 g/mol. The van der Waals surface area contributed by atoms with Gasteiger partial charge in [0, 0.05) is 6.07 Å². The number of hydrogen-bond donors (Lipinski definition) is 1. The fraction of sp³-hybridized carbons (Fsp3) is 0.0588. The topological polar surface area (TPSA) is 68.1 Å². The number of hydrogen-bond acceptors (Lipinski definition) is 4. The number of rotatable bonds is 4. The fourth-order valence-corrected chi connectivity index (χ4v) is 2.25. The summed E-state index contributed by atoms with van der Waals surface area (Å²) in [5.41, 5.74) is 1.03. The molecule has 1 aromatic heterocycles. The quantitative estimate of drug-likeness (QED) is 0.579. The summed E-state index contributed by atoms with van der Waals surface area (Å²) >= 11 is 0. The maximum atomic E-state index is 10.6. The number of nitrogens with zero attached hydrogens (tertiary/aromatic N) is 2. The van der Waals surface area contributed by atoms with Gasteiger partial charge in [0.15, 0.2) is 0 Å². The Balaban J connectivity index is 1.80. The molecule has 0 aliphatic carbocycles. The second kappa shape index (κ2) is 5.81. The van der Waals surface area contributed by atoms with E-state index in [2.05, 4.69) is 34.6 Å². The average Bonchev–Trinajstić information content (AvgIpc) is 2.55. The molecule has 0 fully saturated rings. The minimum absolute atomic E-state index is 0.0195. The highest BCUT2D eigenvalue weighted by Crippen LogP contribution is 2.22. The smallest absolute Gasteiger partial charge is 0.287 e. The predicted molar refractivity (Wildman–Crippen MR) is 86.5 cm³/mol. The summed E-state index contributed by atoms with van der Waals surface area (Å²) in [5, 5.41) is 16.1. The molecule has 0 unspecified atom stereocenters. The van der Waals surface area contributed by atoms with Gasteiger partial charge in [-0.1, -0.05) is 36.4 Å². The van der Waals surface area contributed by atoms with Crippen molar-refractivity contribution in [3.05, 3.63) is 82.5 Å². The molecule has 2 aromatic carbocycles. The van der Waals surface area contributed by atoms with Crippen LogP contribution in [0.1, 0.15) is 12.5 Å². The molecule has 109 valence electrons. The number of nitro groups is 1. The van der Waals surface area contributed by atoms with Crippen LogP contribution in [-0.2, 0) is 0 Å². The third-order valence-corrected chi connectivity index (χ3v) is 3.46. The van der Waals surface area contributed by atoms with Crippen LogP contribution in [0.4, 0.5) is 11.5 Å². The zero-order valence-corrected chi connectivity index (χ0v) is 12.0. The predicted octanol–water partition coefficient (Wildman–Crippen LogP) is 4.16. The zero-order chi connectivity index (χ0) is 15.5. The van der Waals surface area contributed by atoms with E-state index in [4.69, 9.17) is 0 Å². The first-order chi connectivity index (χ1) is 10.6. The van der Waals surface area contributed by atoms with Crippen LogP contribution >= 0.6 is 0 Å². The van der Waals surface area contributed by atoms with Crippen molar-refractivity contribution in [3.63, 3.8) is 0 Å². The van der Waals surface area contributed by atoms with Crippen molar-refractivity contribution < 1.29 is 4.92 Å². The number of pyridine rings is 1. The number of anilines is 1. The van der Waals surface area contributed by atoms with Gasteiger partial charge >= 0.3 is 0 Å². The normalized spacial score (nSPS) is 10.8. The Morgan fingerprint density at radius 2 is 1.86 bits per heavy atom. The van der Waals surface area contributed by atoms with Crippen LogP contribution in [0.2, 0.25) is 0 Å². The standard InChI is InChI=1S/C17H14N3O2/c1-12(19-17-9-8-16(11-18-17)20(21)22)14-7-6-13-4-2-3-5-15(13)10-14/h2-11H,1H3,(H,18,19). The molecule has 3 rings (SSSR count). The molecular formula is C17H14N3O2. The van der Waals surface area contributed by atoms with Crippen LogP contribution in [0.3, 0.4) is 0 Å². The highest BCUT2D eigenvalue weighted by Gasteiger charge is 2.10. The second-order valence-electron chi connectivity index (χ2n) is 4.97. The number of aromatic nitrogens is 1. The lowest BCUT2D eigenvalue weighted by Crippen LogP contribution is -2.08. The molecule has 0 atom stereocenters. The third-order valence-electron chi connectivity index (χ3n) is 3.46. The minimum Gasteiger partial charge on any atom is -0.358 e. The molecule has 5 heteroatoms. The molecule has 0 saturated heterocycles. The van der Waals surface area contributed by atoms with Crippen LogP contribution in [0, 0.1) is 16.2 Å². The Morgan fingerprint density at radius 1 is 1.09 bits per heavy atom. The molecule has 0 spiro atoms. The molecule has 22 heavy (non-hydrogen) atoms. The van der Waals surface area contributed by atoms with E-state index in [0.717, 1.165) is 17.0 Å². The van der Waals surface area contributed by atoms with Gasteiger partial charge in [-0.25, -0.2) is 4.98 Å². The first-order valence-corrected chi connectivity index (χ1v) is 6.84. The summed E-state index contributed by atoms with van der Waals surface area (Å²) in [4.78, 5) is 14.2. The van der Waals surface area contributed by atoms with Crippen molar-refractivity contribution in [1.29, 1.82) is 0 Å². The molecular weight excluding hydrogens is 278 g/mol. The van der Waals surface area contributed by atoms with Gasteiger partial charge in [-0.05, 0) is 35.4 Å². The Labute approximate surface area is 127 Å². The van der Waals surface area contributed by atoms with E-state index in [-0.39, 0.29) is 5.69 Å². The summed E-state index contributed by atoms with van der Waals surface area (Å²) in [6.07, 6.45) is 1.25. The second-order valence-corrected chi connectivity index (χ2v) is 4.97. The van der Waals surface area contributed by atoms with Crippen molar-refractivity contribution in [3.8, 4) is 0 Å². The average molecular weight is 292 g/mol. The van der Waals surface area contributed by atoms with E-state index < -0.39 is 4.92 Å². The van der Waals surface area contributed by atoms with E-state index in [1.807, 2.05) is 25.1 Å². The van der Waals surface area contributed by atoms with Crippen molar-refractivity contribution in [2.75, 3.05) is 5.32 Å². The molecule has 0 amide bonds. The largest absolute Gasteiger partial charge is 0.358 e. The van der Waals surface area contributed by atoms with Gasteiger partial charge in [-0.3, -0.25) is 10.1 Å². The van der Waals surface area contributed by atoms with Gasteiger partial charge in [-0.15, -0.1) is 0 Å². The number of benzene rings is 2. The summed E-state index contributed by atoms with van der Waals surface area (Å²) in [6, 6.07) is 18.3. The molecule has 5 nitrogen and oxygen atoms in total. The Bertz CT molecular complexity index is 816. The van der Waals surface area contributed by atoms with Crippen LogP contribution in [0.15, 0.2) is 60.8 Å². The van der Waals surface area contributed by atoms with Gasteiger partial charge in [0.2, 0.25) is 0 Å². The maximum absolute atomic E-state index is 10.6. The van der Waals surface area contributed by atoms with Crippen molar-refractivity contribution in [2.45, 2.75) is 6.92 Å². The molecule has 1 heterocycles. The molecule has 0 bridgehead atoms. The van der Waals surface area contributed by atoms with E-state index in [0.29, 0.717) is 5.82 Å². The van der Waals surface area contributed by atoms with Gasteiger partial charge in [0.1, 0.15) is 12.0 Å². The molecule has 1 radical (unpaired) electrons. The SMILES string of the molecule is C[C](Nc1ccc([N+](=O)[O-])cn1)c1ccc2ccccc2c1. The first-order valence-electron chi connectivity index (χ1n) is 6.84. The van der Waals surface area contributed by atoms with Crippen molar-refractivity contribution in [2.24, 2.45) is 0 Å². The van der Waals surface area contributed by atoms with Gasteiger partial charge in [0.05, 0.1) is 11.0 Å². The van der Waals surface area contributed by atoms with Crippen LogP contribution in [-0.4, -0.2) is 9.91 Å². The maximum Gasteiger partial charge on any atom is 0.287 e. The van der Waals surface area contributed by atoms with Crippen molar-refractivity contribution in [1.82, 2.24) is 4.98 Å². The lowest BCUT2D eigenvalue weighted by Gasteiger charge is -2.14. The molecule has 0 aliphatic heterocycles. The zero-order valence-electron chi connectivity index (χ0n) is 12.0. The molecule has 3 aromatic rings. The Hall–Kier alpha value is -2.95. The lowest BCUT2D eigenvalue weighted by atomic mass is 10.0.